The van der Waals surface area contributed by atoms with E-state index >= 15 is 0 Å². The standard InChI is InChI=1S/C12H15FN2O/c1-8(2)12(7-16)15-11-4-3-9(6-14)5-10(11)13/h3-5,8,12,15-16H,7H2,1-2H3/t12-/m1/s1. The smallest absolute Gasteiger partial charge is 0.147 e. The first-order valence-electron chi connectivity index (χ1n) is 5.15. The molecule has 1 atom stereocenters. The van der Waals surface area contributed by atoms with E-state index in [1.165, 1.54) is 12.1 Å². The van der Waals surface area contributed by atoms with Gasteiger partial charge in [0.1, 0.15) is 5.82 Å². The molecule has 0 bridgehead atoms. The molecule has 0 radical (unpaired) electrons. The highest BCUT2D eigenvalue weighted by Crippen LogP contribution is 2.18. The third kappa shape index (κ3) is 2.94. The molecule has 4 heteroatoms. The summed E-state index contributed by atoms with van der Waals surface area (Å²) in [5.41, 5.74) is 0.597. The molecule has 86 valence electrons. The lowest BCUT2D eigenvalue weighted by atomic mass is 10.0. The maximum atomic E-state index is 13.5. The van der Waals surface area contributed by atoms with Crippen LogP contribution in [0, 0.1) is 23.1 Å². The average molecular weight is 222 g/mol. The van der Waals surface area contributed by atoms with Crippen molar-refractivity contribution in [1.82, 2.24) is 0 Å². The van der Waals surface area contributed by atoms with Gasteiger partial charge in [-0.25, -0.2) is 4.39 Å². The molecule has 0 heterocycles. The van der Waals surface area contributed by atoms with E-state index in [0.717, 1.165) is 0 Å². The van der Waals surface area contributed by atoms with Crippen molar-refractivity contribution >= 4 is 5.69 Å². The Kier molecular flexibility index (Phi) is 4.27. The van der Waals surface area contributed by atoms with Crippen LogP contribution in [0.3, 0.4) is 0 Å². The van der Waals surface area contributed by atoms with E-state index in [4.69, 9.17) is 10.4 Å². The van der Waals surface area contributed by atoms with Crippen molar-refractivity contribution in [3.8, 4) is 6.07 Å². The van der Waals surface area contributed by atoms with Crippen molar-refractivity contribution in [1.29, 1.82) is 5.26 Å². The fraction of sp³-hybridized carbons (Fsp3) is 0.417. The molecule has 0 amide bonds. The maximum absolute atomic E-state index is 13.5. The van der Waals surface area contributed by atoms with Gasteiger partial charge in [-0.2, -0.15) is 5.26 Å². The molecule has 1 aromatic carbocycles. The zero-order valence-corrected chi connectivity index (χ0v) is 9.37. The monoisotopic (exact) mass is 222 g/mol. The number of nitrogens with one attached hydrogen (secondary N) is 1. The fourth-order valence-electron chi connectivity index (χ4n) is 1.32. The molecule has 0 spiro atoms. The van der Waals surface area contributed by atoms with E-state index in [1.54, 1.807) is 6.07 Å². The molecule has 0 saturated carbocycles. The van der Waals surface area contributed by atoms with Gasteiger partial charge in [-0.15, -0.1) is 0 Å². The normalized spacial score (nSPS) is 12.2. The summed E-state index contributed by atoms with van der Waals surface area (Å²) in [5.74, 6) is -0.279. The Hall–Kier alpha value is -1.60. The number of aliphatic hydroxyl groups excluding tert-OH is 1. The van der Waals surface area contributed by atoms with Crippen LogP contribution < -0.4 is 5.32 Å². The SMILES string of the molecule is CC(C)[C@@H](CO)Nc1ccc(C#N)cc1F. The van der Waals surface area contributed by atoms with Crippen LogP contribution in [-0.4, -0.2) is 17.8 Å². The number of benzene rings is 1. The minimum absolute atomic E-state index is 0.0584. The number of nitriles is 1. The van der Waals surface area contributed by atoms with Crippen LogP contribution in [0.15, 0.2) is 18.2 Å². The van der Waals surface area contributed by atoms with Crippen molar-refractivity contribution in [3.63, 3.8) is 0 Å². The number of anilines is 1. The molecule has 0 aromatic heterocycles. The molecule has 16 heavy (non-hydrogen) atoms. The van der Waals surface area contributed by atoms with Gasteiger partial charge < -0.3 is 10.4 Å². The number of aliphatic hydroxyl groups is 1. The van der Waals surface area contributed by atoms with Crippen molar-refractivity contribution in [2.45, 2.75) is 19.9 Å². The molecule has 0 unspecified atom stereocenters. The fourth-order valence-corrected chi connectivity index (χ4v) is 1.32. The van der Waals surface area contributed by atoms with Crippen LogP contribution in [0.4, 0.5) is 10.1 Å². The topological polar surface area (TPSA) is 56.0 Å². The van der Waals surface area contributed by atoms with Gasteiger partial charge in [0.15, 0.2) is 0 Å². The van der Waals surface area contributed by atoms with Gasteiger partial charge in [0.2, 0.25) is 0 Å². The van der Waals surface area contributed by atoms with Gasteiger partial charge in [0.05, 0.1) is 30.0 Å². The van der Waals surface area contributed by atoms with Crippen LogP contribution in [0.2, 0.25) is 0 Å². The third-order valence-electron chi connectivity index (χ3n) is 2.44. The van der Waals surface area contributed by atoms with Gasteiger partial charge in [0.25, 0.3) is 0 Å². The zero-order chi connectivity index (χ0) is 12.1. The predicted octanol–water partition coefficient (Wildman–Crippen LogP) is 2.13. The summed E-state index contributed by atoms with van der Waals surface area (Å²) in [5, 5.41) is 20.6. The van der Waals surface area contributed by atoms with Gasteiger partial charge in [0, 0.05) is 0 Å². The molecule has 0 aliphatic rings. The van der Waals surface area contributed by atoms with Crippen LogP contribution >= 0.6 is 0 Å². The first-order chi connectivity index (χ1) is 7.58. The maximum Gasteiger partial charge on any atom is 0.147 e. The van der Waals surface area contributed by atoms with E-state index in [-0.39, 0.29) is 24.1 Å². The Bertz CT molecular complexity index is 398. The molecule has 0 fully saturated rings. The first kappa shape index (κ1) is 12.5. The average Bonchev–Trinajstić information content (AvgIpc) is 2.26. The second kappa shape index (κ2) is 5.47. The van der Waals surface area contributed by atoms with Crippen molar-refractivity contribution in [3.05, 3.63) is 29.6 Å². The molecule has 0 saturated heterocycles. The molecule has 1 rings (SSSR count). The number of nitrogens with zero attached hydrogens (tertiary/aromatic N) is 1. The molecule has 3 nitrogen and oxygen atoms in total. The number of hydrogen-bond acceptors (Lipinski definition) is 3. The number of halogens is 1. The first-order valence-corrected chi connectivity index (χ1v) is 5.15. The number of rotatable bonds is 4. The van der Waals surface area contributed by atoms with Crippen LogP contribution in [-0.2, 0) is 0 Å². The zero-order valence-electron chi connectivity index (χ0n) is 9.37. The third-order valence-corrected chi connectivity index (χ3v) is 2.44. The van der Waals surface area contributed by atoms with Crippen molar-refractivity contribution in [2.75, 3.05) is 11.9 Å². The second-order valence-electron chi connectivity index (χ2n) is 3.98. The van der Waals surface area contributed by atoms with E-state index in [0.29, 0.717) is 5.69 Å². The predicted molar refractivity (Wildman–Crippen MR) is 60.4 cm³/mol. The quantitative estimate of drug-likeness (QED) is 0.820. The summed E-state index contributed by atoms with van der Waals surface area (Å²) in [6, 6.07) is 5.91. The summed E-state index contributed by atoms with van der Waals surface area (Å²) < 4.78 is 13.5. The van der Waals surface area contributed by atoms with E-state index in [9.17, 15) is 4.39 Å². The van der Waals surface area contributed by atoms with E-state index in [1.807, 2.05) is 19.9 Å². The summed E-state index contributed by atoms with van der Waals surface area (Å²) >= 11 is 0. The van der Waals surface area contributed by atoms with Gasteiger partial charge in [-0.3, -0.25) is 0 Å². The highest BCUT2D eigenvalue weighted by atomic mass is 19.1. The Morgan fingerprint density at radius 3 is 2.62 bits per heavy atom. The highest BCUT2D eigenvalue weighted by Gasteiger charge is 2.13. The van der Waals surface area contributed by atoms with Gasteiger partial charge in [-0.1, -0.05) is 13.8 Å². The molecule has 0 aliphatic heterocycles. The number of hydrogen-bond donors (Lipinski definition) is 2. The molecule has 2 N–H and O–H groups in total. The molecular formula is C12H15FN2O. The minimum atomic E-state index is -0.474. The molecule has 1 aromatic rings. The Balaban J connectivity index is 2.86. The van der Waals surface area contributed by atoms with Crippen LogP contribution in [0.5, 0.6) is 0 Å². The summed E-state index contributed by atoms with van der Waals surface area (Å²) in [4.78, 5) is 0. The minimum Gasteiger partial charge on any atom is -0.394 e. The summed E-state index contributed by atoms with van der Waals surface area (Å²) in [6.45, 7) is 3.82. The van der Waals surface area contributed by atoms with Crippen molar-refractivity contribution in [2.24, 2.45) is 5.92 Å². The lowest BCUT2D eigenvalue weighted by Gasteiger charge is -2.21. The lowest BCUT2D eigenvalue weighted by molar-refractivity contribution is 0.249. The van der Waals surface area contributed by atoms with Crippen LogP contribution in [0.1, 0.15) is 19.4 Å². The lowest BCUT2D eigenvalue weighted by Crippen LogP contribution is -2.29. The Labute approximate surface area is 94.5 Å². The van der Waals surface area contributed by atoms with E-state index in [2.05, 4.69) is 5.32 Å². The van der Waals surface area contributed by atoms with Gasteiger partial charge >= 0.3 is 0 Å². The summed E-state index contributed by atoms with van der Waals surface area (Å²) in [7, 11) is 0. The molecular weight excluding hydrogens is 207 g/mol. The van der Waals surface area contributed by atoms with Crippen LogP contribution in [0.25, 0.3) is 0 Å². The van der Waals surface area contributed by atoms with E-state index < -0.39 is 5.82 Å². The summed E-state index contributed by atoms with van der Waals surface area (Å²) in [6.07, 6.45) is 0. The Morgan fingerprint density at radius 1 is 1.50 bits per heavy atom. The molecule has 0 aliphatic carbocycles. The largest absolute Gasteiger partial charge is 0.394 e. The highest BCUT2D eigenvalue weighted by molar-refractivity contribution is 5.49. The second-order valence-corrected chi connectivity index (χ2v) is 3.98. The van der Waals surface area contributed by atoms with Gasteiger partial charge in [-0.05, 0) is 24.1 Å². The van der Waals surface area contributed by atoms with Crippen molar-refractivity contribution < 1.29 is 9.50 Å². The Morgan fingerprint density at radius 2 is 2.19 bits per heavy atom.